The molecule has 0 bridgehead atoms. The molecule has 0 spiro atoms. The first-order valence-corrected chi connectivity index (χ1v) is 22.9. The fraction of sp³-hybridized carbons (Fsp3) is 0.455. The van der Waals surface area contributed by atoms with Crippen molar-refractivity contribution in [3.8, 4) is 0 Å². The number of hydrogen-bond acceptors (Lipinski definition) is 13. The number of fused-ring (bicyclic) bond motifs is 2. The lowest BCUT2D eigenvalue weighted by Gasteiger charge is -2.47. The monoisotopic (exact) mass is 932 g/mol. The summed E-state index contributed by atoms with van der Waals surface area (Å²) in [7, 11) is 0. The number of carbonyl (C=O) groups is 8. The Bertz CT molecular complexity index is 2480. The molecule has 0 saturated carbocycles. The zero-order chi connectivity index (χ0) is 46.9. The molecule has 2 aromatic rings. The van der Waals surface area contributed by atoms with Crippen LogP contribution in [0, 0.1) is 23.7 Å². The number of likely N-dealkylation sites (tertiary alicyclic amines) is 1. The van der Waals surface area contributed by atoms with Gasteiger partial charge in [-0.25, -0.2) is 14.4 Å². The molecular weight excluding hydrogens is 885 g/mol. The van der Waals surface area contributed by atoms with Crippen LogP contribution in [-0.2, 0) is 28.8 Å². The second kappa shape index (κ2) is 17.6. The van der Waals surface area contributed by atoms with Gasteiger partial charge < -0.3 is 56.2 Å². The Labute approximate surface area is 380 Å². The number of carbonyl (C=O) groups excluding carboxylic acids is 5. The van der Waals surface area contributed by atoms with Gasteiger partial charge in [0.05, 0.1) is 53.3 Å². The summed E-state index contributed by atoms with van der Waals surface area (Å²) < 4.78 is 0. The molecular formula is C44H48N6O13S2. The van der Waals surface area contributed by atoms with Crippen LogP contribution in [0.2, 0.25) is 0 Å². The molecule has 8 rings (SSSR count). The van der Waals surface area contributed by atoms with E-state index in [1.54, 1.807) is 13.0 Å². The highest BCUT2D eigenvalue weighted by molar-refractivity contribution is 8.04. The summed E-state index contributed by atoms with van der Waals surface area (Å²) in [5.41, 5.74) is 0.163. The fourth-order valence-electron chi connectivity index (χ4n) is 10.1. The largest absolute Gasteiger partial charge is 0.478 e. The average Bonchev–Trinajstić information content (AvgIpc) is 4.00. The molecule has 21 heteroatoms. The number of aliphatic hydroxyl groups excluding tert-OH is 2. The van der Waals surface area contributed by atoms with Crippen LogP contribution in [0.15, 0.2) is 69.7 Å². The van der Waals surface area contributed by atoms with Gasteiger partial charge >= 0.3 is 17.9 Å². The van der Waals surface area contributed by atoms with Gasteiger partial charge in [0.2, 0.25) is 23.6 Å². The molecule has 8 N–H and O–H groups in total. The van der Waals surface area contributed by atoms with Gasteiger partial charge in [-0.1, -0.05) is 26.0 Å². The van der Waals surface area contributed by atoms with Crippen molar-refractivity contribution in [1.29, 1.82) is 0 Å². The summed E-state index contributed by atoms with van der Waals surface area (Å²) in [6.45, 7) is 6.81. The van der Waals surface area contributed by atoms with Crippen molar-refractivity contribution in [3.63, 3.8) is 0 Å². The Balaban J connectivity index is 1.10. The Morgan fingerprint density at radius 2 is 1.18 bits per heavy atom. The summed E-state index contributed by atoms with van der Waals surface area (Å²) in [6.07, 6.45) is -1.78. The topological polar surface area (TPSA) is 284 Å². The van der Waals surface area contributed by atoms with Crippen molar-refractivity contribution in [2.75, 3.05) is 23.7 Å². The second-order valence-corrected chi connectivity index (χ2v) is 20.1. The number of anilines is 2. The number of carboxylic acid groups (broad SMARTS) is 3. The lowest BCUT2D eigenvalue weighted by molar-refractivity contribution is -0.163. The van der Waals surface area contributed by atoms with E-state index in [-0.39, 0.29) is 46.4 Å². The standard InChI is InChI=1S/C44H48N6O13S2/c1-17-31-29(19(3)51)39(55)49(31)33(35(17)64-25-13-27(45-15-25)37(53)46-23-9-5-7-21(11-23)42(58)59)41(57)48-16-26(14-28(48)38(54)47-24-10-6-8-22(12-24)43(60)61)65-36-18(2)32-30(20(4)52)40(56)50(32)34(36)44(62)63/h5-12,17-20,25-32,45,51-52H,13-16H2,1-4H3,(H,46,53)(H,47,54)(H,58,59)(H,60,61)(H,62,63). The summed E-state index contributed by atoms with van der Waals surface area (Å²) in [4.78, 5) is 111. The van der Waals surface area contributed by atoms with E-state index in [0.717, 1.165) is 11.8 Å². The van der Waals surface area contributed by atoms with E-state index in [1.165, 1.54) is 82.8 Å². The van der Waals surface area contributed by atoms with Gasteiger partial charge in [-0.2, -0.15) is 0 Å². The number of β-lactam (4-membered cyclic amide) rings is 2. The molecule has 12 unspecified atom stereocenters. The summed E-state index contributed by atoms with van der Waals surface area (Å²) in [5.74, 6) is -9.02. The number of aliphatic carboxylic acids is 1. The van der Waals surface area contributed by atoms with Crippen LogP contribution in [0.5, 0.6) is 0 Å². The minimum Gasteiger partial charge on any atom is -0.478 e. The second-order valence-electron chi connectivity index (χ2n) is 17.4. The van der Waals surface area contributed by atoms with E-state index in [1.807, 2.05) is 6.92 Å². The quantitative estimate of drug-likeness (QED) is 0.126. The van der Waals surface area contributed by atoms with Gasteiger partial charge in [-0.15, -0.1) is 23.5 Å². The zero-order valence-electron chi connectivity index (χ0n) is 35.5. The molecule has 0 radical (unpaired) electrons. The minimum absolute atomic E-state index is 0.000117. The lowest BCUT2D eigenvalue weighted by Crippen LogP contribution is -2.64. The number of nitrogens with zero attached hydrogens (tertiary/aromatic N) is 3. The first kappa shape index (κ1) is 45.8. The maximum atomic E-state index is 15.3. The molecule has 19 nitrogen and oxygen atoms in total. The SMILES string of the molecule is CC(O)C1C(=O)N2C(C(=O)O)=C(SC3CC(C(=O)Nc4cccc(C(=O)O)c4)N(C(=O)C4=C(SC5CNC(C(=O)Nc6cccc(C(=O)O)c6)C5)C(C)C5C(C(C)O)C(=O)N45)C3)C(C)C12. The number of benzene rings is 2. The third kappa shape index (κ3) is 8.06. The van der Waals surface area contributed by atoms with E-state index in [0.29, 0.717) is 28.5 Å². The number of rotatable bonds is 14. The fourth-order valence-corrected chi connectivity index (χ4v) is 13.1. The highest BCUT2D eigenvalue weighted by atomic mass is 32.2. The van der Waals surface area contributed by atoms with Crippen LogP contribution < -0.4 is 16.0 Å². The molecule has 2 aromatic carbocycles. The van der Waals surface area contributed by atoms with Crippen molar-refractivity contribution in [3.05, 3.63) is 80.9 Å². The Morgan fingerprint density at radius 1 is 0.692 bits per heavy atom. The molecule has 6 aliphatic rings. The van der Waals surface area contributed by atoms with Gasteiger partial charge in [0.15, 0.2) is 0 Å². The highest BCUT2D eigenvalue weighted by Gasteiger charge is 2.63. The molecule has 65 heavy (non-hydrogen) atoms. The molecule has 6 heterocycles. The van der Waals surface area contributed by atoms with Crippen molar-refractivity contribution in [2.24, 2.45) is 23.7 Å². The molecule has 0 aromatic heterocycles. The maximum Gasteiger partial charge on any atom is 0.353 e. The van der Waals surface area contributed by atoms with E-state index < -0.39 is 113 Å². The number of hydrogen-bond donors (Lipinski definition) is 8. The average molecular weight is 933 g/mol. The van der Waals surface area contributed by atoms with Crippen molar-refractivity contribution >= 4 is 82.3 Å². The van der Waals surface area contributed by atoms with Crippen molar-refractivity contribution < 1.29 is 63.9 Å². The molecule has 4 fully saturated rings. The third-order valence-corrected chi connectivity index (χ3v) is 16.2. The predicted octanol–water partition coefficient (Wildman–Crippen LogP) is 2.05. The number of nitrogens with one attached hydrogen (secondary N) is 3. The van der Waals surface area contributed by atoms with Gasteiger partial charge in [-0.3, -0.25) is 24.0 Å². The first-order chi connectivity index (χ1) is 30.8. The number of aromatic carboxylic acids is 2. The third-order valence-electron chi connectivity index (χ3n) is 13.2. The van der Waals surface area contributed by atoms with E-state index in [9.17, 15) is 59.1 Å². The van der Waals surface area contributed by atoms with E-state index >= 15 is 4.79 Å². The predicted molar refractivity (Wildman–Crippen MR) is 235 cm³/mol. The summed E-state index contributed by atoms with van der Waals surface area (Å²) in [5, 5.41) is 58.2. The number of aliphatic hydroxyl groups is 2. The van der Waals surface area contributed by atoms with Crippen LogP contribution in [0.1, 0.15) is 61.3 Å². The molecule has 5 amide bonds. The van der Waals surface area contributed by atoms with Crippen LogP contribution in [0.25, 0.3) is 0 Å². The van der Waals surface area contributed by atoms with Crippen LogP contribution in [-0.4, -0.2) is 148 Å². The Hall–Kier alpha value is -5.74. The number of thioether (sulfide) groups is 2. The summed E-state index contributed by atoms with van der Waals surface area (Å²) >= 11 is 2.45. The number of amides is 5. The van der Waals surface area contributed by atoms with Gasteiger partial charge in [0.1, 0.15) is 17.4 Å². The van der Waals surface area contributed by atoms with Crippen molar-refractivity contribution in [2.45, 2.75) is 87.4 Å². The van der Waals surface area contributed by atoms with Crippen molar-refractivity contribution in [1.82, 2.24) is 20.0 Å². The number of carboxylic acids is 3. The highest BCUT2D eigenvalue weighted by Crippen LogP contribution is 2.55. The summed E-state index contributed by atoms with van der Waals surface area (Å²) in [6, 6.07) is 8.31. The van der Waals surface area contributed by atoms with Gasteiger partial charge in [-0.05, 0) is 63.1 Å². The van der Waals surface area contributed by atoms with Gasteiger partial charge in [0, 0.05) is 56.6 Å². The lowest BCUT2D eigenvalue weighted by atomic mass is 9.79. The molecule has 4 saturated heterocycles. The van der Waals surface area contributed by atoms with Crippen LogP contribution >= 0.6 is 23.5 Å². The van der Waals surface area contributed by atoms with Crippen LogP contribution in [0.4, 0.5) is 11.4 Å². The molecule has 12 atom stereocenters. The van der Waals surface area contributed by atoms with Crippen LogP contribution in [0.3, 0.4) is 0 Å². The zero-order valence-corrected chi connectivity index (χ0v) is 37.2. The normalized spacial score (nSPS) is 30.1. The Kier molecular flexibility index (Phi) is 12.4. The maximum absolute atomic E-state index is 15.3. The first-order valence-electron chi connectivity index (χ1n) is 21.2. The van der Waals surface area contributed by atoms with E-state index in [4.69, 9.17) is 0 Å². The molecule has 6 aliphatic heterocycles. The van der Waals surface area contributed by atoms with E-state index in [2.05, 4.69) is 16.0 Å². The smallest absolute Gasteiger partial charge is 0.353 e. The molecule has 0 aliphatic carbocycles. The molecule has 344 valence electrons. The van der Waals surface area contributed by atoms with Gasteiger partial charge in [0.25, 0.3) is 5.91 Å². The Morgan fingerprint density at radius 3 is 1.69 bits per heavy atom. The minimum atomic E-state index is -1.34.